The summed E-state index contributed by atoms with van der Waals surface area (Å²) < 4.78 is 22.0. The molecule has 0 aliphatic carbocycles. The zero-order chi connectivity index (χ0) is 24.1. The number of aromatic nitrogens is 5. The Labute approximate surface area is 196 Å². The van der Waals surface area contributed by atoms with Crippen molar-refractivity contribution in [2.24, 2.45) is 0 Å². The number of amides is 1. The van der Waals surface area contributed by atoms with Gasteiger partial charge in [0, 0.05) is 30.4 Å². The molecule has 1 N–H and O–H groups in total. The Balaban J connectivity index is 1.68. The number of pyridine rings is 1. The molecule has 4 aromatic rings. The molecule has 2 aromatic heterocycles. The molecule has 4 rings (SSSR count). The summed E-state index contributed by atoms with van der Waals surface area (Å²) >= 11 is 0. The van der Waals surface area contributed by atoms with Crippen molar-refractivity contribution in [3.8, 4) is 22.6 Å². The molecular weight excluding hydrogens is 435 g/mol. The van der Waals surface area contributed by atoms with Crippen molar-refractivity contribution in [3.63, 3.8) is 0 Å². The highest BCUT2D eigenvalue weighted by molar-refractivity contribution is 5.74. The van der Waals surface area contributed by atoms with Crippen LogP contribution in [0.15, 0.2) is 60.9 Å². The summed E-state index contributed by atoms with van der Waals surface area (Å²) in [5.74, 6) is 0.522. The highest BCUT2D eigenvalue weighted by atomic mass is 19.1. The number of hydrogen-bond donors (Lipinski definition) is 1. The van der Waals surface area contributed by atoms with E-state index in [2.05, 4.69) is 25.8 Å². The summed E-state index contributed by atoms with van der Waals surface area (Å²) in [5, 5.41) is 14.7. The second-order valence-corrected chi connectivity index (χ2v) is 8.00. The van der Waals surface area contributed by atoms with Crippen LogP contribution in [0.2, 0.25) is 0 Å². The summed E-state index contributed by atoms with van der Waals surface area (Å²) in [6.07, 6.45) is 4.21. The third kappa shape index (κ3) is 5.25. The van der Waals surface area contributed by atoms with Gasteiger partial charge in [-0.05, 0) is 71.7 Å². The summed E-state index contributed by atoms with van der Waals surface area (Å²) in [7, 11) is 0. The van der Waals surface area contributed by atoms with Gasteiger partial charge in [0.15, 0.2) is 5.82 Å². The third-order valence-electron chi connectivity index (χ3n) is 5.31. The minimum Gasteiger partial charge on any atom is -0.410 e. The first-order valence-corrected chi connectivity index (χ1v) is 11.0. The fourth-order valence-corrected chi connectivity index (χ4v) is 3.59. The molecule has 0 saturated carbocycles. The van der Waals surface area contributed by atoms with Gasteiger partial charge in [0.05, 0.1) is 11.7 Å². The number of carbonyl (C=O) groups excluding carboxylic acids is 1. The molecule has 0 fully saturated rings. The second kappa shape index (κ2) is 10.2. The van der Waals surface area contributed by atoms with Crippen molar-refractivity contribution in [2.45, 2.75) is 39.7 Å². The van der Waals surface area contributed by atoms with Crippen LogP contribution in [0.4, 0.5) is 9.18 Å². The Morgan fingerprint density at radius 2 is 2.06 bits per heavy atom. The molecule has 0 spiro atoms. The predicted molar refractivity (Wildman–Crippen MR) is 125 cm³/mol. The number of halogens is 1. The van der Waals surface area contributed by atoms with Crippen LogP contribution in [-0.4, -0.2) is 31.3 Å². The van der Waals surface area contributed by atoms with Crippen LogP contribution in [0, 0.1) is 12.7 Å². The first-order valence-electron chi connectivity index (χ1n) is 11.0. The fraction of sp³-hybridized carbons (Fsp3) is 0.240. The first kappa shape index (κ1) is 23.0. The maximum Gasteiger partial charge on any atom is 0.413 e. The predicted octanol–water partition coefficient (Wildman–Crippen LogP) is 4.97. The van der Waals surface area contributed by atoms with Gasteiger partial charge in [-0.1, -0.05) is 25.1 Å². The number of nitrogens with one attached hydrogen (secondary N) is 1. The maximum atomic E-state index is 14.8. The molecule has 1 atom stereocenters. The van der Waals surface area contributed by atoms with Gasteiger partial charge in [-0.3, -0.25) is 4.98 Å². The SMILES string of the molecule is CCCc1nnnn1-c1cc(OC(=O)NC(C)c2cccnc2)cc(-c2ccc(C)cc2F)c1. The fourth-order valence-electron chi connectivity index (χ4n) is 3.59. The number of tetrazole rings is 1. The molecule has 1 amide bonds. The lowest BCUT2D eigenvalue weighted by molar-refractivity contribution is 0.197. The van der Waals surface area contributed by atoms with Crippen molar-refractivity contribution in [1.29, 1.82) is 0 Å². The number of benzene rings is 2. The van der Waals surface area contributed by atoms with Crippen molar-refractivity contribution in [2.75, 3.05) is 0 Å². The van der Waals surface area contributed by atoms with Crippen LogP contribution in [0.25, 0.3) is 16.8 Å². The van der Waals surface area contributed by atoms with E-state index in [1.54, 1.807) is 47.4 Å². The average Bonchev–Trinajstić information content (AvgIpc) is 3.28. The number of carbonyl (C=O) groups is 1. The van der Waals surface area contributed by atoms with E-state index in [0.717, 1.165) is 17.5 Å². The van der Waals surface area contributed by atoms with E-state index in [0.29, 0.717) is 29.1 Å². The molecule has 1 unspecified atom stereocenters. The van der Waals surface area contributed by atoms with E-state index < -0.39 is 6.09 Å². The monoisotopic (exact) mass is 460 g/mol. The lowest BCUT2D eigenvalue weighted by atomic mass is 10.0. The molecule has 0 saturated heterocycles. The molecule has 2 aromatic carbocycles. The highest BCUT2D eigenvalue weighted by Gasteiger charge is 2.16. The Kier molecular flexibility index (Phi) is 6.91. The number of rotatable bonds is 7. The topological polar surface area (TPSA) is 94.8 Å². The zero-order valence-corrected chi connectivity index (χ0v) is 19.2. The first-order chi connectivity index (χ1) is 16.4. The Morgan fingerprint density at radius 3 is 2.79 bits per heavy atom. The van der Waals surface area contributed by atoms with E-state index in [4.69, 9.17) is 4.74 Å². The number of aryl methyl sites for hydroxylation is 2. The number of hydrogen-bond acceptors (Lipinski definition) is 6. The van der Waals surface area contributed by atoms with Gasteiger partial charge in [0.1, 0.15) is 11.6 Å². The van der Waals surface area contributed by atoms with Gasteiger partial charge in [0.2, 0.25) is 0 Å². The van der Waals surface area contributed by atoms with E-state index >= 15 is 0 Å². The standard InChI is InChI=1S/C25H25FN6O2/c1-4-6-24-29-30-31-32(24)20-12-19(22-9-8-16(2)11-23(22)26)13-21(14-20)34-25(33)28-17(3)18-7-5-10-27-15-18/h5,7-15,17H,4,6H2,1-3H3,(H,28,33). The molecule has 34 heavy (non-hydrogen) atoms. The quantitative estimate of drug-likeness (QED) is 0.418. The summed E-state index contributed by atoms with van der Waals surface area (Å²) in [4.78, 5) is 16.7. The van der Waals surface area contributed by atoms with Crippen LogP contribution in [0.1, 0.15) is 43.3 Å². The maximum absolute atomic E-state index is 14.8. The van der Waals surface area contributed by atoms with Gasteiger partial charge in [-0.2, -0.15) is 4.68 Å². The van der Waals surface area contributed by atoms with Crippen molar-refractivity contribution >= 4 is 6.09 Å². The van der Waals surface area contributed by atoms with E-state index in [-0.39, 0.29) is 17.6 Å². The molecule has 2 heterocycles. The van der Waals surface area contributed by atoms with Crippen LogP contribution in [-0.2, 0) is 6.42 Å². The average molecular weight is 461 g/mol. The summed E-state index contributed by atoms with van der Waals surface area (Å²) in [5.41, 5.74) is 3.13. The van der Waals surface area contributed by atoms with Crippen LogP contribution >= 0.6 is 0 Å². The van der Waals surface area contributed by atoms with E-state index in [9.17, 15) is 9.18 Å². The highest BCUT2D eigenvalue weighted by Crippen LogP contribution is 2.30. The Morgan fingerprint density at radius 1 is 1.21 bits per heavy atom. The minimum absolute atomic E-state index is 0.237. The largest absolute Gasteiger partial charge is 0.413 e. The van der Waals surface area contributed by atoms with Crippen molar-refractivity contribution < 1.29 is 13.9 Å². The van der Waals surface area contributed by atoms with Crippen LogP contribution in [0.5, 0.6) is 5.75 Å². The normalized spacial score (nSPS) is 11.8. The van der Waals surface area contributed by atoms with Gasteiger partial charge < -0.3 is 10.1 Å². The third-order valence-corrected chi connectivity index (χ3v) is 5.31. The smallest absolute Gasteiger partial charge is 0.410 e. The molecule has 174 valence electrons. The van der Waals surface area contributed by atoms with Gasteiger partial charge in [-0.25, -0.2) is 9.18 Å². The van der Waals surface area contributed by atoms with Gasteiger partial charge >= 0.3 is 6.09 Å². The Bertz CT molecular complexity index is 1290. The zero-order valence-electron chi connectivity index (χ0n) is 19.2. The Hall–Kier alpha value is -4.14. The number of ether oxygens (including phenoxy) is 1. The van der Waals surface area contributed by atoms with Crippen molar-refractivity contribution in [1.82, 2.24) is 30.5 Å². The van der Waals surface area contributed by atoms with E-state index in [1.807, 2.05) is 32.9 Å². The molecule has 9 heteroatoms. The lowest BCUT2D eigenvalue weighted by Crippen LogP contribution is -2.29. The summed E-state index contributed by atoms with van der Waals surface area (Å²) in [6.45, 7) is 5.68. The minimum atomic E-state index is -0.644. The van der Waals surface area contributed by atoms with E-state index in [1.165, 1.54) is 6.07 Å². The van der Waals surface area contributed by atoms with Crippen LogP contribution < -0.4 is 10.1 Å². The number of nitrogens with zero attached hydrogens (tertiary/aromatic N) is 5. The van der Waals surface area contributed by atoms with Crippen molar-refractivity contribution in [3.05, 3.63) is 83.7 Å². The second-order valence-electron chi connectivity index (χ2n) is 8.00. The molecule has 0 aliphatic heterocycles. The molecule has 0 bridgehead atoms. The van der Waals surface area contributed by atoms with Gasteiger partial charge in [-0.15, -0.1) is 5.10 Å². The molecule has 8 nitrogen and oxygen atoms in total. The lowest BCUT2D eigenvalue weighted by Gasteiger charge is -2.15. The summed E-state index contributed by atoms with van der Waals surface area (Å²) in [6, 6.07) is 13.4. The molecular formula is C25H25FN6O2. The molecule has 0 aliphatic rings. The van der Waals surface area contributed by atoms with Crippen LogP contribution in [0.3, 0.4) is 0 Å². The van der Waals surface area contributed by atoms with Gasteiger partial charge in [0.25, 0.3) is 0 Å². The molecule has 0 radical (unpaired) electrons.